The number of hydrogen-bond donors (Lipinski definition) is 1. The number of unbranched alkanes of at least 4 members (excludes halogenated alkanes) is 1. The molecule has 1 N–H and O–H groups in total. The molecule has 1 heterocycles. The van der Waals surface area contributed by atoms with Crippen LogP contribution in [0.5, 0.6) is 0 Å². The minimum Gasteiger partial charge on any atom is -0.449 e. The number of nitrogens with zero attached hydrogens (tertiary/aromatic N) is 2. The predicted molar refractivity (Wildman–Crippen MR) is 107 cm³/mol. The van der Waals surface area contributed by atoms with E-state index in [0.29, 0.717) is 23.5 Å². The third-order valence-corrected chi connectivity index (χ3v) is 4.59. The van der Waals surface area contributed by atoms with Crippen molar-refractivity contribution in [2.45, 2.75) is 53.2 Å². The van der Waals surface area contributed by atoms with E-state index < -0.39 is 18.0 Å². The van der Waals surface area contributed by atoms with E-state index in [0.717, 1.165) is 12.8 Å². The number of Topliss-reactive ketones (excluding diaryl/α,β-unsaturated/α-hetero) is 1. The van der Waals surface area contributed by atoms with Crippen LogP contribution in [-0.4, -0.2) is 33.5 Å². The first kappa shape index (κ1) is 21.6. The number of amides is 1. The number of nitrogens with one attached hydrogen (secondary N) is 1. The third kappa shape index (κ3) is 5.19. The highest BCUT2D eigenvalue weighted by molar-refractivity contribution is 6.32. The Hall–Kier alpha value is -2.67. The number of anilines is 1. The number of aryl methyl sites for hydroxylation is 2. The number of carbonyl (C=O) groups excluding carboxylic acids is 3. The van der Waals surface area contributed by atoms with Gasteiger partial charge in [0.15, 0.2) is 11.9 Å². The lowest BCUT2D eigenvalue weighted by atomic mass is 10.1. The van der Waals surface area contributed by atoms with Gasteiger partial charge in [-0.05, 0) is 51.5 Å². The summed E-state index contributed by atoms with van der Waals surface area (Å²) in [5.41, 5.74) is 1.67. The Morgan fingerprint density at radius 2 is 1.89 bits per heavy atom. The predicted octanol–water partition coefficient (Wildman–Crippen LogP) is 4.03. The van der Waals surface area contributed by atoms with Gasteiger partial charge in [0.2, 0.25) is 0 Å². The van der Waals surface area contributed by atoms with Crippen LogP contribution in [0.1, 0.15) is 60.0 Å². The van der Waals surface area contributed by atoms with Crippen molar-refractivity contribution in [1.29, 1.82) is 0 Å². The Morgan fingerprint density at radius 3 is 2.46 bits per heavy atom. The second-order valence-corrected chi connectivity index (χ2v) is 6.86. The van der Waals surface area contributed by atoms with Crippen LogP contribution in [0.2, 0.25) is 5.15 Å². The number of carbonyl (C=O) groups is 3. The van der Waals surface area contributed by atoms with E-state index in [9.17, 15) is 14.4 Å². The molecule has 0 radical (unpaired) electrons. The van der Waals surface area contributed by atoms with E-state index in [-0.39, 0.29) is 16.5 Å². The number of ketones is 1. The zero-order valence-corrected chi connectivity index (χ0v) is 17.2. The molecule has 1 aromatic carbocycles. The van der Waals surface area contributed by atoms with Gasteiger partial charge in [0.25, 0.3) is 5.91 Å². The summed E-state index contributed by atoms with van der Waals surface area (Å²) in [4.78, 5) is 36.1. The van der Waals surface area contributed by atoms with Gasteiger partial charge in [0.1, 0.15) is 10.7 Å². The van der Waals surface area contributed by atoms with Crippen molar-refractivity contribution in [3.63, 3.8) is 0 Å². The van der Waals surface area contributed by atoms with Gasteiger partial charge >= 0.3 is 5.97 Å². The molecule has 0 bridgehead atoms. The first-order valence-electron chi connectivity index (χ1n) is 9.10. The Balaban J connectivity index is 2.02. The van der Waals surface area contributed by atoms with Crippen molar-refractivity contribution in [1.82, 2.24) is 9.78 Å². The summed E-state index contributed by atoms with van der Waals surface area (Å²) in [6.07, 6.45) is 0.824. The number of esters is 1. The molecule has 2 rings (SSSR count). The molecule has 0 aliphatic carbocycles. The van der Waals surface area contributed by atoms with Crippen molar-refractivity contribution in [3.05, 3.63) is 46.2 Å². The van der Waals surface area contributed by atoms with Crippen molar-refractivity contribution >= 4 is 34.9 Å². The number of ether oxygens (including phenoxy) is 1. The molecule has 0 unspecified atom stereocenters. The summed E-state index contributed by atoms with van der Waals surface area (Å²) in [7, 11) is 0. The Bertz CT molecular complexity index is 874. The molecular formula is C20H24ClN3O4. The second-order valence-electron chi connectivity index (χ2n) is 6.50. The molecule has 2 aromatic rings. The summed E-state index contributed by atoms with van der Waals surface area (Å²) in [5, 5.41) is 7.12. The molecule has 1 aromatic heterocycles. The van der Waals surface area contributed by atoms with Crippen molar-refractivity contribution in [2.24, 2.45) is 0 Å². The topological polar surface area (TPSA) is 90.3 Å². The van der Waals surface area contributed by atoms with Crippen LogP contribution < -0.4 is 5.32 Å². The Kier molecular flexibility index (Phi) is 7.34. The smallest absolute Gasteiger partial charge is 0.343 e. The maximum absolute atomic E-state index is 12.5. The van der Waals surface area contributed by atoms with Crippen molar-refractivity contribution in [2.75, 3.05) is 5.32 Å². The fourth-order valence-electron chi connectivity index (χ4n) is 2.55. The second kappa shape index (κ2) is 9.50. The van der Waals surface area contributed by atoms with Crippen LogP contribution in [0.4, 0.5) is 5.69 Å². The third-order valence-electron chi connectivity index (χ3n) is 4.21. The maximum Gasteiger partial charge on any atom is 0.343 e. The van der Waals surface area contributed by atoms with E-state index in [1.165, 1.54) is 13.8 Å². The van der Waals surface area contributed by atoms with E-state index in [1.807, 2.05) is 6.92 Å². The maximum atomic E-state index is 12.5. The van der Waals surface area contributed by atoms with Crippen molar-refractivity contribution < 1.29 is 19.1 Å². The summed E-state index contributed by atoms with van der Waals surface area (Å²) in [6.45, 7) is 7.27. The largest absolute Gasteiger partial charge is 0.449 e. The van der Waals surface area contributed by atoms with Crippen LogP contribution in [-0.2, 0) is 16.1 Å². The molecule has 1 atom stereocenters. The average molecular weight is 406 g/mol. The molecular weight excluding hydrogens is 382 g/mol. The molecule has 8 heteroatoms. The summed E-state index contributed by atoms with van der Waals surface area (Å²) >= 11 is 6.26. The van der Waals surface area contributed by atoms with Crippen LogP contribution in [0.15, 0.2) is 24.3 Å². The van der Waals surface area contributed by atoms with Gasteiger partial charge < -0.3 is 10.1 Å². The first-order valence-corrected chi connectivity index (χ1v) is 9.48. The number of benzene rings is 1. The molecule has 0 aliphatic rings. The highest BCUT2D eigenvalue weighted by Crippen LogP contribution is 2.22. The van der Waals surface area contributed by atoms with Crippen LogP contribution >= 0.6 is 11.6 Å². The molecule has 0 fully saturated rings. The van der Waals surface area contributed by atoms with Crippen LogP contribution in [0.3, 0.4) is 0 Å². The standard InChI is InChI=1S/C20H24ClN3O4/c1-5-6-11-24-18(21)17(12(2)23-24)20(27)28-14(4)19(26)22-16-9-7-15(8-10-16)13(3)25/h7-10,14H,5-6,11H2,1-4H3,(H,22,26)/t14-/m0/s1. The molecule has 0 aliphatic heterocycles. The average Bonchev–Trinajstić information content (AvgIpc) is 2.93. The summed E-state index contributed by atoms with van der Waals surface area (Å²) < 4.78 is 6.84. The van der Waals surface area contributed by atoms with Crippen LogP contribution in [0, 0.1) is 6.92 Å². The summed E-state index contributed by atoms with van der Waals surface area (Å²) in [5.74, 6) is -1.25. The number of rotatable bonds is 8. The van der Waals surface area contributed by atoms with E-state index >= 15 is 0 Å². The molecule has 0 saturated heterocycles. The van der Waals surface area contributed by atoms with Gasteiger partial charge in [-0.3, -0.25) is 14.3 Å². The van der Waals surface area contributed by atoms with Crippen LogP contribution in [0.25, 0.3) is 0 Å². The minimum atomic E-state index is -1.03. The van der Waals surface area contributed by atoms with E-state index in [1.54, 1.807) is 35.9 Å². The SMILES string of the molecule is CCCCn1nc(C)c(C(=O)O[C@@H](C)C(=O)Nc2ccc(C(C)=O)cc2)c1Cl. The minimum absolute atomic E-state index is 0.0630. The Labute approximate surface area is 169 Å². The zero-order valence-electron chi connectivity index (χ0n) is 16.4. The van der Waals surface area contributed by atoms with Gasteiger partial charge in [-0.25, -0.2) is 4.79 Å². The molecule has 0 saturated carbocycles. The lowest BCUT2D eigenvalue weighted by molar-refractivity contribution is -0.123. The van der Waals surface area contributed by atoms with E-state index in [4.69, 9.17) is 16.3 Å². The molecule has 28 heavy (non-hydrogen) atoms. The fourth-order valence-corrected chi connectivity index (χ4v) is 2.88. The lowest BCUT2D eigenvalue weighted by Gasteiger charge is -2.13. The zero-order chi connectivity index (χ0) is 20.8. The quantitative estimate of drug-likeness (QED) is 0.528. The van der Waals surface area contributed by atoms with Gasteiger partial charge in [0, 0.05) is 17.8 Å². The first-order chi connectivity index (χ1) is 13.2. The monoisotopic (exact) mass is 405 g/mol. The number of aromatic nitrogens is 2. The highest BCUT2D eigenvalue weighted by Gasteiger charge is 2.25. The Morgan fingerprint density at radius 1 is 1.25 bits per heavy atom. The van der Waals surface area contributed by atoms with Gasteiger partial charge in [0.05, 0.1) is 5.69 Å². The molecule has 0 spiro atoms. The highest BCUT2D eigenvalue weighted by atomic mass is 35.5. The van der Waals surface area contributed by atoms with Crippen molar-refractivity contribution in [3.8, 4) is 0 Å². The molecule has 150 valence electrons. The lowest BCUT2D eigenvalue weighted by Crippen LogP contribution is -2.30. The number of hydrogen-bond acceptors (Lipinski definition) is 5. The van der Waals surface area contributed by atoms with Gasteiger partial charge in [-0.1, -0.05) is 24.9 Å². The van der Waals surface area contributed by atoms with E-state index in [2.05, 4.69) is 10.4 Å². The molecule has 7 nitrogen and oxygen atoms in total. The fraction of sp³-hybridized carbons (Fsp3) is 0.400. The van der Waals surface area contributed by atoms with Gasteiger partial charge in [-0.2, -0.15) is 5.10 Å². The molecule has 1 amide bonds. The number of halogens is 1. The summed E-state index contributed by atoms with van der Waals surface area (Å²) in [6, 6.07) is 6.45. The normalized spacial score (nSPS) is 11.8. The van der Waals surface area contributed by atoms with Gasteiger partial charge in [-0.15, -0.1) is 0 Å².